The maximum absolute atomic E-state index is 6.14. The maximum Gasteiger partial charge on any atom is 0.142 e. The number of benzene rings is 2. The fourth-order valence-electron chi connectivity index (χ4n) is 2.23. The number of nitrogen functional groups attached to an aromatic ring is 1. The lowest BCUT2D eigenvalue weighted by Crippen LogP contribution is -1.98. The summed E-state index contributed by atoms with van der Waals surface area (Å²) in [5.74, 6) is 1.14. The number of hydrogen-bond donors (Lipinski definition) is 1. The topological polar surface area (TPSA) is 48.1 Å². The van der Waals surface area contributed by atoms with E-state index in [4.69, 9.17) is 10.5 Å². The minimum atomic E-state index is 0.436. The summed E-state index contributed by atoms with van der Waals surface area (Å²) >= 11 is 1.65. The fraction of sp³-hybridized carbons (Fsp3) is 0.211. The number of nitrogens with zero attached hydrogens (tertiary/aromatic N) is 1. The van der Waals surface area contributed by atoms with Crippen molar-refractivity contribution >= 4 is 17.0 Å². The van der Waals surface area contributed by atoms with Gasteiger partial charge >= 0.3 is 0 Å². The first-order valence-electron chi connectivity index (χ1n) is 7.65. The number of hydrogen-bond acceptors (Lipinski definition) is 4. The molecule has 0 amide bonds. The van der Waals surface area contributed by atoms with Crippen molar-refractivity contribution in [3.63, 3.8) is 0 Å². The summed E-state index contributed by atoms with van der Waals surface area (Å²) in [6.45, 7) is 4.81. The highest BCUT2D eigenvalue weighted by Crippen LogP contribution is 2.32. The van der Waals surface area contributed by atoms with Crippen molar-refractivity contribution in [3.05, 3.63) is 65.2 Å². The molecule has 2 aromatic carbocycles. The Kier molecular flexibility index (Phi) is 4.63. The van der Waals surface area contributed by atoms with Crippen LogP contribution in [0.1, 0.15) is 31.0 Å². The normalized spacial score (nSPS) is 10.9. The zero-order valence-corrected chi connectivity index (χ0v) is 14.1. The third-order valence-electron chi connectivity index (χ3n) is 3.61. The average molecular weight is 324 g/mol. The first-order chi connectivity index (χ1) is 11.1. The van der Waals surface area contributed by atoms with Crippen molar-refractivity contribution in [2.75, 3.05) is 5.73 Å². The quantitative estimate of drug-likeness (QED) is 0.665. The molecule has 0 spiro atoms. The number of ether oxygens (including phenoxy) is 1. The van der Waals surface area contributed by atoms with Crippen LogP contribution in [-0.2, 0) is 6.61 Å². The second kappa shape index (κ2) is 6.84. The molecule has 23 heavy (non-hydrogen) atoms. The third kappa shape index (κ3) is 3.71. The minimum absolute atomic E-state index is 0.436. The summed E-state index contributed by atoms with van der Waals surface area (Å²) in [5.41, 5.74) is 10.1. The van der Waals surface area contributed by atoms with E-state index in [9.17, 15) is 0 Å². The molecular weight excluding hydrogens is 304 g/mol. The number of rotatable bonds is 5. The van der Waals surface area contributed by atoms with Gasteiger partial charge in [0, 0.05) is 10.9 Å². The Morgan fingerprint density at radius 1 is 1.13 bits per heavy atom. The van der Waals surface area contributed by atoms with Crippen LogP contribution in [0.4, 0.5) is 5.69 Å². The molecule has 0 aliphatic carbocycles. The van der Waals surface area contributed by atoms with Crippen LogP contribution in [0.2, 0.25) is 0 Å². The molecule has 3 rings (SSSR count). The molecule has 0 saturated heterocycles. The molecule has 0 atom stereocenters. The van der Waals surface area contributed by atoms with E-state index in [2.05, 4.69) is 24.2 Å². The fourth-order valence-corrected chi connectivity index (χ4v) is 3.21. The summed E-state index contributed by atoms with van der Waals surface area (Å²) in [6.07, 6.45) is 0. The van der Waals surface area contributed by atoms with E-state index < -0.39 is 0 Å². The highest BCUT2D eigenvalue weighted by atomic mass is 32.1. The molecule has 0 aliphatic rings. The van der Waals surface area contributed by atoms with Crippen molar-refractivity contribution in [1.82, 2.24) is 4.98 Å². The van der Waals surface area contributed by atoms with Gasteiger partial charge in [-0.3, -0.25) is 0 Å². The molecule has 3 nitrogen and oxygen atoms in total. The van der Waals surface area contributed by atoms with Gasteiger partial charge in [0.25, 0.3) is 0 Å². The van der Waals surface area contributed by atoms with Crippen LogP contribution >= 0.6 is 11.3 Å². The van der Waals surface area contributed by atoms with E-state index in [1.807, 2.05) is 48.5 Å². The first kappa shape index (κ1) is 15.6. The highest BCUT2D eigenvalue weighted by molar-refractivity contribution is 7.13. The van der Waals surface area contributed by atoms with Gasteiger partial charge < -0.3 is 10.5 Å². The molecule has 1 heterocycles. The summed E-state index contributed by atoms with van der Waals surface area (Å²) in [7, 11) is 0. The van der Waals surface area contributed by atoms with E-state index in [-0.39, 0.29) is 0 Å². The van der Waals surface area contributed by atoms with Gasteiger partial charge in [-0.05, 0) is 29.7 Å². The molecule has 0 fully saturated rings. The van der Waals surface area contributed by atoms with Crippen LogP contribution in [0.5, 0.6) is 5.75 Å². The monoisotopic (exact) mass is 324 g/mol. The summed E-state index contributed by atoms with van der Waals surface area (Å²) in [5, 5.41) is 3.10. The van der Waals surface area contributed by atoms with Gasteiger partial charge in [0.2, 0.25) is 0 Å². The van der Waals surface area contributed by atoms with Gasteiger partial charge in [-0.2, -0.15) is 0 Å². The Bertz CT molecular complexity index is 781. The Hall–Kier alpha value is -2.33. The maximum atomic E-state index is 6.14. The van der Waals surface area contributed by atoms with E-state index in [1.54, 1.807) is 11.3 Å². The number of anilines is 1. The van der Waals surface area contributed by atoms with Crippen molar-refractivity contribution < 1.29 is 4.74 Å². The number of thiazole rings is 1. The molecule has 2 N–H and O–H groups in total. The predicted octanol–water partition coefficient (Wildman–Crippen LogP) is 5.09. The molecule has 0 bridgehead atoms. The highest BCUT2D eigenvalue weighted by Gasteiger charge is 2.10. The van der Waals surface area contributed by atoms with Gasteiger partial charge in [0.15, 0.2) is 0 Å². The Balaban J connectivity index is 1.75. The van der Waals surface area contributed by atoms with E-state index in [1.165, 1.54) is 0 Å². The Morgan fingerprint density at radius 2 is 1.91 bits per heavy atom. The number of nitrogens with two attached hydrogens (primary N) is 1. The van der Waals surface area contributed by atoms with Crippen LogP contribution < -0.4 is 10.5 Å². The van der Waals surface area contributed by atoms with Crippen LogP contribution in [0.3, 0.4) is 0 Å². The van der Waals surface area contributed by atoms with Crippen LogP contribution in [0.25, 0.3) is 10.6 Å². The molecule has 0 unspecified atom stereocenters. The van der Waals surface area contributed by atoms with Crippen LogP contribution in [-0.4, -0.2) is 4.98 Å². The largest absolute Gasteiger partial charge is 0.487 e. The van der Waals surface area contributed by atoms with Crippen molar-refractivity contribution in [3.8, 4) is 16.3 Å². The minimum Gasteiger partial charge on any atom is -0.487 e. The lowest BCUT2D eigenvalue weighted by molar-refractivity contribution is 0.308. The standard InChI is InChI=1S/C19H20N2OS/c1-13(2)17-12-23-19(21-17)15-8-9-18(16(20)10-15)22-11-14-6-4-3-5-7-14/h3-10,12-13H,11,20H2,1-2H3. The molecule has 0 radical (unpaired) electrons. The molecule has 0 aliphatic heterocycles. The third-order valence-corrected chi connectivity index (χ3v) is 4.52. The van der Waals surface area contributed by atoms with Crippen molar-refractivity contribution in [1.29, 1.82) is 0 Å². The van der Waals surface area contributed by atoms with Crippen LogP contribution in [0, 0.1) is 0 Å². The lowest BCUT2D eigenvalue weighted by Gasteiger charge is -2.10. The molecular formula is C19H20N2OS. The first-order valence-corrected chi connectivity index (χ1v) is 8.53. The van der Waals surface area contributed by atoms with Crippen molar-refractivity contribution in [2.24, 2.45) is 0 Å². The van der Waals surface area contributed by atoms with Gasteiger partial charge in [0.05, 0.1) is 11.4 Å². The van der Waals surface area contributed by atoms with Crippen molar-refractivity contribution in [2.45, 2.75) is 26.4 Å². The van der Waals surface area contributed by atoms with Crippen LogP contribution in [0.15, 0.2) is 53.9 Å². The summed E-state index contributed by atoms with van der Waals surface area (Å²) in [6, 6.07) is 15.9. The van der Waals surface area contributed by atoms with E-state index in [0.717, 1.165) is 21.8 Å². The molecule has 4 heteroatoms. The molecule has 1 aromatic heterocycles. The number of aromatic nitrogens is 1. The second-order valence-corrected chi connectivity index (χ2v) is 6.62. The van der Waals surface area contributed by atoms with Gasteiger partial charge in [0.1, 0.15) is 17.4 Å². The molecule has 0 saturated carbocycles. The SMILES string of the molecule is CC(C)c1csc(-c2ccc(OCc3ccccc3)c(N)c2)n1. The second-order valence-electron chi connectivity index (χ2n) is 5.76. The zero-order chi connectivity index (χ0) is 16.2. The average Bonchev–Trinajstić information content (AvgIpc) is 3.05. The summed E-state index contributed by atoms with van der Waals surface area (Å²) in [4.78, 5) is 4.67. The van der Waals surface area contributed by atoms with Gasteiger partial charge in [-0.25, -0.2) is 4.98 Å². The van der Waals surface area contributed by atoms with E-state index >= 15 is 0 Å². The predicted molar refractivity (Wildman–Crippen MR) is 96.8 cm³/mol. The van der Waals surface area contributed by atoms with Gasteiger partial charge in [-0.1, -0.05) is 44.2 Å². The Morgan fingerprint density at radius 3 is 2.57 bits per heavy atom. The smallest absolute Gasteiger partial charge is 0.142 e. The van der Waals surface area contributed by atoms with Gasteiger partial charge in [-0.15, -0.1) is 11.3 Å². The zero-order valence-electron chi connectivity index (χ0n) is 13.3. The Labute approximate surface area is 140 Å². The summed E-state index contributed by atoms with van der Waals surface area (Å²) < 4.78 is 5.82. The molecule has 3 aromatic rings. The molecule has 118 valence electrons. The van der Waals surface area contributed by atoms with E-state index in [0.29, 0.717) is 24.0 Å². The lowest BCUT2D eigenvalue weighted by atomic mass is 10.1.